The molecular formula is C40H55ClN4O3S2. The van der Waals surface area contributed by atoms with Gasteiger partial charge in [-0.2, -0.15) is 11.8 Å². The van der Waals surface area contributed by atoms with E-state index >= 15 is 0 Å². The van der Waals surface area contributed by atoms with Crippen molar-refractivity contribution in [2.24, 2.45) is 23.7 Å². The van der Waals surface area contributed by atoms with Gasteiger partial charge in [-0.3, -0.25) is 19.3 Å². The molecule has 5 aliphatic rings. The first kappa shape index (κ1) is 36.3. The maximum atomic E-state index is 13.5. The summed E-state index contributed by atoms with van der Waals surface area (Å²) >= 11 is 8.61. The van der Waals surface area contributed by atoms with Crippen molar-refractivity contribution >= 4 is 45.9 Å². The number of carbonyl (C=O) groups excluding carboxylic acids is 1. The van der Waals surface area contributed by atoms with Gasteiger partial charge >= 0.3 is 0 Å². The molecule has 1 amide bonds. The molecule has 2 aromatic rings. The van der Waals surface area contributed by atoms with Crippen LogP contribution in [-0.4, -0.2) is 95.1 Å². The molecule has 4 heterocycles. The van der Waals surface area contributed by atoms with Gasteiger partial charge in [0, 0.05) is 79.9 Å². The van der Waals surface area contributed by atoms with Crippen LogP contribution in [0.3, 0.4) is 0 Å². The molecule has 1 saturated carbocycles. The van der Waals surface area contributed by atoms with E-state index in [1.165, 1.54) is 55.1 Å². The van der Waals surface area contributed by atoms with Gasteiger partial charge in [0.2, 0.25) is 0 Å². The van der Waals surface area contributed by atoms with E-state index in [-0.39, 0.29) is 23.0 Å². The summed E-state index contributed by atoms with van der Waals surface area (Å²) in [6.45, 7) is 14.5. The number of carbonyl (C=O) groups is 1. The van der Waals surface area contributed by atoms with E-state index in [4.69, 9.17) is 16.3 Å². The standard InChI is InChI=1S/C40H55ClN4O3S2/c1-4-6-29-19-34(41)11-13-36(29)33-23-45-22-32-9-12-37(32)31(21-43-15-16-44-17-18-49-26-35(44)24-43)8-5-7-27(2)28(3)50(47)42-40(46)30-10-14-39(48-25-33)38(45)20-30/h5,8,10-11,13-14,19-20,27-28,31-33,35,37H,4,6-7,9,12,15-18,21-26H2,1-3H3,(H,42,46)/b8-5+. The maximum absolute atomic E-state index is 13.5. The number of benzene rings is 2. The molecule has 7 nitrogen and oxygen atoms in total. The van der Waals surface area contributed by atoms with Crippen LogP contribution >= 0.6 is 23.4 Å². The van der Waals surface area contributed by atoms with Crippen molar-refractivity contribution in [3.05, 3.63) is 70.3 Å². The summed E-state index contributed by atoms with van der Waals surface area (Å²) in [7, 11) is -1.49. The zero-order chi connectivity index (χ0) is 34.8. The highest BCUT2D eigenvalue weighted by molar-refractivity contribution is 7.99. The third kappa shape index (κ3) is 8.12. The van der Waals surface area contributed by atoms with E-state index in [9.17, 15) is 9.00 Å². The number of piperazine rings is 1. The number of anilines is 1. The summed E-state index contributed by atoms with van der Waals surface area (Å²) in [5.41, 5.74) is 4.09. The Kier molecular flexibility index (Phi) is 11.9. The zero-order valence-corrected chi connectivity index (χ0v) is 32.4. The zero-order valence-electron chi connectivity index (χ0n) is 30.0. The maximum Gasteiger partial charge on any atom is 0.263 e. The van der Waals surface area contributed by atoms with E-state index in [1.807, 2.05) is 31.2 Å². The van der Waals surface area contributed by atoms with Crippen molar-refractivity contribution in [1.82, 2.24) is 14.5 Å². The molecule has 0 aromatic heterocycles. The fourth-order valence-corrected chi connectivity index (χ4v) is 11.2. The number of amides is 1. The van der Waals surface area contributed by atoms with E-state index in [0.717, 1.165) is 61.9 Å². The molecule has 0 spiro atoms. The predicted octanol–water partition coefficient (Wildman–Crippen LogP) is 7.03. The number of thioether (sulfide) groups is 1. The molecule has 0 radical (unpaired) electrons. The summed E-state index contributed by atoms with van der Waals surface area (Å²) < 4.78 is 22.9. The predicted molar refractivity (Wildman–Crippen MR) is 209 cm³/mol. The van der Waals surface area contributed by atoms with Crippen molar-refractivity contribution in [3.8, 4) is 5.75 Å². The summed E-state index contributed by atoms with van der Waals surface area (Å²) in [4.78, 5) is 21.5. The number of fused-ring (bicyclic) bond motifs is 3. The molecule has 4 aliphatic heterocycles. The van der Waals surface area contributed by atoms with Gasteiger partial charge in [0.1, 0.15) is 16.7 Å². The monoisotopic (exact) mass is 738 g/mol. The lowest BCUT2D eigenvalue weighted by atomic mass is 9.66. The SMILES string of the molecule is CCCc1cc(Cl)ccc1C1COc2ccc3cc2N(C1)CC1CCC1C(CN1CCN2CCSCC2C1)/C=C/CC(C)C(C)S(=O)NC3=O. The van der Waals surface area contributed by atoms with E-state index < -0.39 is 11.0 Å². The first-order valence-corrected chi connectivity index (χ1v) is 21.7. The third-order valence-electron chi connectivity index (χ3n) is 12.2. The summed E-state index contributed by atoms with van der Waals surface area (Å²) in [6, 6.07) is 12.7. The van der Waals surface area contributed by atoms with Gasteiger partial charge in [0.15, 0.2) is 0 Å². The van der Waals surface area contributed by atoms with Crippen LogP contribution in [-0.2, 0) is 17.4 Å². The topological polar surface area (TPSA) is 65.1 Å². The molecule has 3 fully saturated rings. The summed E-state index contributed by atoms with van der Waals surface area (Å²) in [5.74, 6) is 5.01. The minimum absolute atomic E-state index is 0.165. The second-order valence-corrected chi connectivity index (χ2v) is 18.6. The Labute approximate surface area is 311 Å². The molecule has 10 heteroatoms. The largest absolute Gasteiger partial charge is 0.491 e. The Morgan fingerprint density at radius 3 is 2.76 bits per heavy atom. The fraction of sp³-hybridized carbons (Fsp3) is 0.625. The minimum Gasteiger partial charge on any atom is -0.491 e. The third-order valence-corrected chi connectivity index (χ3v) is 15.1. The smallest absolute Gasteiger partial charge is 0.263 e. The lowest BCUT2D eigenvalue weighted by Crippen LogP contribution is -2.57. The van der Waals surface area contributed by atoms with Crippen molar-refractivity contribution < 1.29 is 13.7 Å². The van der Waals surface area contributed by atoms with Gasteiger partial charge < -0.3 is 9.64 Å². The Morgan fingerprint density at radius 2 is 1.94 bits per heavy atom. The van der Waals surface area contributed by atoms with Crippen LogP contribution in [0.25, 0.3) is 0 Å². The number of ether oxygens (including phenoxy) is 1. The van der Waals surface area contributed by atoms with Crippen LogP contribution < -0.4 is 14.4 Å². The average Bonchev–Trinajstić information content (AvgIpc) is 3.28. The first-order valence-electron chi connectivity index (χ1n) is 19.0. The number of rotatable bonds is 5. The number of aryl methyl sites for hydroxylation is 1. The molecule has 272 valence electrons. The Morgan fingerprint density at radius 1 is 1.06 bits per heavy atom. The van der Waals surface area contributed by atoms with Crippen molar-refractivity contribution in [3.63, 3.8) is 0 Å². The highest BCUT2D eigenvalue weighted by Gasteiger charge is 2.40. The number of allylic oxidation sites excluding steroid dienone is 1. The summed E-state index contributed by atoms with van der Waals surface area (Å²) in [6.07, 6.45) is 10.2. The molecule has 50 heavy (non-hydrogen) atoms. The number of hydrogen-bond donors (Lipinski definition) is 1. The van der Waals surface area contributed by atoms with Crippen molar-refractivity contribution in [1.29, 1.82) is 0 Å². The number of hydrogen-bond acceptors (Lipinski definition) is 7. The quantitative estimate of drug-likeness (QED) is 0.331. The second kappa shape index (κ2) is 16.3. The molecular weight excluding hydrogens is 684 g/mol. The molecule has 2 saturated heterocycles. The van der Waals surface area contributed by atoms with Gasteiger partial charge in [-0.25, -0.2) is 4.21 Å². The normalized spacial score (nSPS) is 33.2. The first-order chi connectivity index (χ1) is 24.3. The minimum atomic E-state index is -1.49. The molecule has 8 atom stereocenters. The number of halogens is 1. The van der Waals surface area contributed by atoms with E-state index in [0.29, 0.717) is 36.0 Å². The van der Waals surface area contributed by atoms with Gasteiger partial charge in [-0.15, -0.1) is 0 Å². The van der Waals surface area contributed by atoms with Crippen LogP contribution in [0.2, 0.25) is 5.02 Å². The van der Waals surface area contributed by atoms with Crippen LogP contribution in [0.1, 0.15) is 73.9 Å². The Bertz CT molecular complexity index is 1570. The lowest BCUT2D eigenvalue weighted by molar-refractivity contribution is 0.0524. The summed E-state index contributed by atoms with van der Waals surface area (Å²) in [5, 5.41) is 0.609. The van der Waals surface area contributed by atoms with Crippen LogP contribution in [0.15, 0.2) is 48.6 Å². The molecule has 1 aliphatic carbocycles. The molecule has 7 rings (SSSR count). The van der Waals surface area contributed by atoms with Gasteiger partial charge in [-0.05, 0) is 97.7 Å². The lowest BCUT2D eigenvalue weighted by Gasteiger charge is -2.48. The van der Waals surface area contributed by atoms with Gasteiger partial charge in [-0.1, -0.05) is 50.1 Å². The average molecular weight is 739 g/mol. The van der Waals surface area contributed by atoms with Gasteiger partial charge in [0.25, 0.3) is 5.91 Å². The van der Waals surface area contributed by atoms with Crippen LogP contribution in [0, 0.1) is 23.7 Å². The highest BCUT2D eigenvalue weighted by Crippen LogP contribution is 2.45. The van der Waals surface area contributed by atoms with E-state index in [1.54, 1.807) is 0 Å². The number of nitrogens with one attached hydrogen (secondary N) is 1. The number of nitrogens with zero attached hydrogens (tertiary/aromatic N) is 3. The second-order valence-electron chi connectivity index (χ2n) is 15.5. The highest BCUT2D eigenvalue weighted by atomic mass is 35.5. The fourth-order valence-electron chi connectivity index (χ4n) is 8.85. The molecule has 2 bridgehead atoms. The van der Waals surface area contributed by atoms with Crippen molar-refractivity contribution in [2.75, 3.05) is 68.8 Å². The van der Waals surface area contributed by atoms with E-state index in [2.05, 4.69) is 69.3 Å². The Balaban J connectivity index is 1.21. The Hall–Kier alpha value is -2.04. The van der Waals surface area contributed by atoms with Gasteiger partial charge in [0.05, 0.1) is 17.5 Å². The van der Waals surface area contributed by atoms with Crippen LogP contribution in [0.5, 0.6) is 5.75 Å². The van der Waals surface area contributed by atoms with Crippen LogP contribution in [0.4, 0.5) is 5.69 Å². The molecule has 1 N–H and O–H groups in total. The molecule has 2 aromatic carbocycles. The molecule has 8 unspecified atom stereocenters. The van der Waals surface area contributed by atoms with Crippen molar-refractivity contribution in [2.45, 2.75) is 70.1 Å².